The van der Waals surface area contributed by atoms with E-state index in [1.807, 2.05) is 0 Å². The van der Waals surface area contributed by atoms with E-state index in [4.69, 9.17) is 5.73 Å². The maximum Gasteiger partial charge on any atom is 0.144 e. The molecule has 0 aromatic carbocycles. The van der Waals surface area contributed by atoms with Gasteiger partial charge in [-0.05, 0) is 62.2 Å². The molecular weight excluding hydrogens is 442 g/mol. The molecule has 0 aromatic heterocycles. The van der Waals surface area contributed by atoms with Crippen molar-refractivity contribution in [1.82, 2.24) is 0 Å². The van der Waals surface area contributed by atoms with Crippen molar-refractivity contribution in [2.45, 2.75) is 107 Å². The molecule has 0 saturated heterocycles. The molecule has 9 N–H and O–H groups in total. The van der Waals surface area contributed by atoms with Crippen LogP contribution in [-0.4, -0.2) is 83.9 Å². The highest BCUT2D eigenvalue weighted by atomic mass is 16.4. The van der Waals surface area contributed by atoms with Gasteiger partial charge in [0.25, 0.3) is 0 Å². The fraction of sp³-hybridized carbons (Fsp3) is 0.960. The minimum atomic E-state index is -2.09. The van der Waals surface area contributed by atoms with Crippen molar-refractivity contribution in [2.75, 3.05) is 0 Å². The first-order chi connectivity index (χ1) is 16.0. The Morgan fingerprint density at radius 1 is 0.971 bits per heavy atom. The van der Waals surface area contributed by atoms with Crippen molar-refractivity contribution < 1.29 is 40.5 Å². The molecule has 4 saturated carbocycles. The number of carbonyl (C=O) groups excluding carboxylic acids is 1. The molecular formula is C25H43NO8. The summed E-state index contributed by atoms with van der Waals surface area (Å²) in [6.07, 6.45) is -1.88. The average Bonchev–Trinajstić information content (AvgIpc) is 2.76. The van der Waals surface area contributed by atoms with Gasteiger partial charge >= 0.3 is 0 Å². The van der Waals surface area contributed by atoms with Crippen molar-refractivity contribution in [3.8, 4) is 0 Å². The zero-order valence-corrected chi connectivity index (χ0v) is 20.0. The van der Waals surface area contributed by atoms with Gasteiger partial charge in [0.2, 0.25) is 0 Å². The number of fused-ring (bicyclic) bond motifs is 3. The summed E-state index contributed by atoms with van der Waals surface area (Å²) < 4.78 is 0. The Labute approximate surface area is 201 Å². The van der Waals surface area contributed by atoms with Crippen LogP contribution in [0.5, 0.6) is 0 Å². The van der Waals surface area contributed by atoms with E-state index in [2.05, 4.69) is 6.92 Å². The van der Waals surface area contributed by atoms with Crippen LogP contribution < -0.4 is 5.73 Å². The maximum absolute atomic E-state index is 13.7. The third-order valence-electron chi connectivity index (χ3n) is 9.82. The lowest BCUT2D eigenvalue weighted by Gasteiger charge is -2.60. The van der Waals surface area contributed by atoms with Crippen molar-refractivity contribution in [1.29, 1.82) is 0 Å². The maximum atomic E-state index is 13.7. The summed E-state index contributed by atoms with van der Waals surface area (Å²) >= 11 is 0. The lowest BCUT2D eigenvalue weighted by molar-refractivity contribution is -0.276. The van der Waals surface area contributed by atoms with Gasteiger partial charge in [0, 0.05) is 11.8 Å². The van der Waals surface area contributed by atoms with Crippen LogP contribution in [0.1, 0.15) is 64.7 Å². The number of Topliss-reactive ketones (excluding diaryl/α,β-unsaturated/α-hetero) is 1. The number of nitrogens with two attached hydrogens (primary N) is 1. The minimum absolute atomic E-state index is 0.0424. The molecule has 34 heavy (non-hydrogen) atoms. The number of hydrogen-bond donors (Lipinski definition) is 8. The number of aliphatic hydroxyl groups excluding tert-OH is 6. The fourth-order valence-corrected chi connectivity index (χ4v) is 8.10. The van der Waals surface area contributed by atoms with E-state index < -0.39 is 66.0 Å². The molecule has 0 spiro atoms. The molecule has 0 aliphatic heterocycles. The van der Waals surface area contributed by atoms with Crippen LogP contribution in [0.2, 0.25) is 0 Å². The summed E-state index contributed by atoms with van der Waals surface area (Å²) in [6.45, 7) is 2.10. The Morgan fingerprint density at radius 3 is 2.32 bits per heavy atom. The largest absolute Gasteiger partial charge is 0.393 e. The van der Waals surface area contributed by atoms with Crippen LogP contribution in [0.3, 0.4) is 0 Å². The molecule has 0 heterocycles. The highest BCUT2D eigenvalue weighted by Crippen LogP contribution is 2.57. The van der Waals surface area contributed by atoms with Crippen molar-refractivity contribution in [3.05, 3.63) is 0 Å². The van der Waals surface area contributed by atoms with Gasteiger partial charge < -0.3 is 41.5 Å². The van der Waals surface area contributed by atoms with Crippen LogP contribution >= 0.6 is 0 Å². The van der Waals surface area contributed by atoms with Gasteiger partial charge in [0.15, 0.2) is 0 Å². The first-order valence-electron chi connectivity index (χ1n) is 13.1. The van der Waals surface area contributed by atoms with Gasteiger partial charge in [0.05, 0.1) is 36.4 Å². The SMILES string of the molecule is CCCCCC(O)C1CCC(O)C2C(=O)C3C(O)[C@]4(O)C(O)C(C(N)O)C(O)C[C@@H]4C[C@@H]3CC12. The summed E-state index contributed by atoms with van der Waals surface area (Å²) in [7, 11) is 0. The van der Waals surface area contributed by atoms with Crippen molar-refractivity contribution in [2.24, 2.45) is 47.2 Å². The van der Waals surface area contributed by atoms with Crippen LogP contribution in [0, 0.1) is 41.4 Å². The van der Waals surface area contributed by atoms with E-state index in [0.717, 1.165) is 19.3 Å². The first kappa shape index (κ1) is 26.4. The number of rotatable bonds is 6. The first-order valence-corrected chi connectivity index (χ1v) is 13.1. The third-order valence-corrected chi connectivity index (χ3v) is 9.82. The normalized spacial score (nSPS) is 50.6. The summed E-state index contributed by atoms with van der Waals surface area (Å²) in [6, 6.07) is 0. The van der Waals surface area contributed by atoms with E-state index in [1.54, 1.807) is 0 Å². The zero-order chi connectivity index (χ0) is 24.9. The molecule has 9 nitrogen and oxygen atoms in total. The van der Waals surface area contributed by atoms with Crippen LogP contribution in [0.15, 0.2) is 0 Å². The summed E-state index contributed by atoms with van der Waals surface area (Å²) in [5.41, 5.74) is 3.45. The molecule has 4 aliphatic carbocycles. The van der Waals surface area contributed by atoms with Gasteiger partial charge in [0.1, 0.15) is 17.6 Å². The molecule has 4 aliphatic rings. The second kappa shape index (κ2) is 10.0. The predicted octanol–water partition coefficient (Wildman–Crippen LogP) is -0.733. The molecule has 0 amide bonds. The number of ketones is 1. The van der Waals surface area contributed by atoms with Crippen molar-refractivity contribution >= 4 is 5.78 Å². The average molecular weight is 486 g/mol. The molecule has 4 rings (SSSR count). The van der Waals surface area contributed by atoms with Crippen LogP contribution in [0.4, 0.5) is 0 Å². The van der Waals surface area contributed by atoms with Gasteiger partial charge in [-0.15, -0.1) is 0 Å². The minimum Gasteiger partial charge on any atom is -0.393 e. The van der Waals surface area contributed by atoms with E-state index in [-0.39, 0.29) is 30.0 Å². The van der Waals surface area contributed by atoms with Gasteiger partial charge in [-0.2, -0.15) is 0 Å². The van der Waals surface area contributed by atoms with Gasteiger partial charge in [-0.25, -0.2) is 0 Å². The molecule has 9 heteroatoms. The predicted molar refractivity (Wildman–Crippen MR) is 122 cm³/mol. The topological polar surface area (TPSA) is 185 Å². The third kappa shape index (κ3) is 4.16. The standard InChI is InChI=1S/C25H43NO8/c1-2-3-4-5-15(27)13-6-7-16(28)19-14(13)9-11-8-12-10-17(29)20(24(26)33)23(32)25(12,34)22(31)18(11)21(19)30/h11-20,22-24,27-29,31-34H,2-10,26H2,1H3/t11-,12+,13?,14?,15?,16?,17?,18?,19?,20?,22?,23?,24?,25+/m1/s1. The number of carbonyl (C=O) groups is 1. The summed E-state index contributed by atoms with van der Waals surface area (Å²) in [4.78, 5) is 13.7. The Morgan fingerprint density at radius 2 is 1.68 bits per heavy atom. The second-order valence-electron chi connectivity index (χ2n) is 11.6. The second-order valence-corrected chi connectivity index (χ2v) is 11.6. The highest BCUT2D eigenvalue weighted by molar-refractivity contribution is 5.86. The molecule has 14 atom stereocenters. The van der Waals surface area contributed by atoms with E-state index >= 15 is 0 Å². The summed E-state index contributed by atoms with van der Waals surface area (Å²) in [5.74, 6) is -4.52. The lowest BCUT2D eigenvalue weighted by Crippen LogP contribution is -2.73. The Balaban J connectivity index is 1.60. The molecule has 0 bridgehead atoms. The molecule has 11 unspecified atom stereocenters. The quantitative estimate of drug-likeness (QED) is 0.177. The highest BCUT2D eigenvalue weighted by Gasteiger charge is 2.67. The Kier molecular flexibility index (Phi) is 7.78. The number of hydrogen-bond acceptors (Lipinski definition) is 9. The zero-order valence-electron chi connectivity index (χ0n) is 20.0. The molecule has 196 valence electrons. The van der Waals surface area contributed by atoms with E-state index in [1.165, 1.54) is 0 Å². The lowest BCUT2D eigenvalue weighted by atomic mass is 9.48. The van der Waals surface area contributed by atoms with E-state index in [9.17, 15) is 40.5 Å². The monoisotopic (exact) mass is 485 g/mol. The van der Waals surface area contributed by atoms with Crippen LogP contribution in [-0.2, 0) is 4.79 Å². The van der Waals surface area contributed by atoms with Gasteiger partial charge in [-0.1, -0.05) is 26.2 Å². The van der Waals surface area contributed by atoms with Gasteiger partial charge in [-0.3, -0.25) is 4.79 Å². The van der Waals surface area contributed by atoms with E-state index in [0.29, 0.717) is 32.1 Å². The fourth-order valence-electron chi connectivity index (χ4n) is 8.10. The van der Waals surface area contributed by atoms with Crippen LogP contribution in [0.25, 0.3) is 0 Å². The Bertz CT molecular complexity index is 736. The molecule has 0 radical (unpaired) electrons. The van der Waals surface area contributed by atoms with Crippen molar-refractivity contribution in [3.63, 3.8) is 0 Å². The number of unbranched alkanes of at least 4 members (excludes halogenated alkanes) is 2. The molecule has 4 fully saturated rings. The molecule has 0 aromatic rings. The Hall–Kier alpha value is -0.650. The number of aliphatic hydroxyl groups is 7. The summed E-state index contributed by atoms with van der Waals surface area (Å²) in [5, 5.41) is 75.9. The smallest absolute Gasteiger partial charge is 0.144 e.